The van der Waals surface area contributed by atoms with Crippen LogP contribution in [0, 0.1) is 0 Å². The lowest BCUT2D eigenvalue weighted by molar-refractivity contribution is -0.120. The highest BCUT2D eigenvalue weighted by Crippen LogP contribution is 2.23. The molecule has 0 aliphatic heterocycles. The monoisotopic (exact) mass is 490 g/mol. The van der Waals surface area contributed by atoms with Gasteiger partial charge in [0.2, 0.25) is 5.91 Å². The third-order valence-corrected chi connectivity index (χ3v) is 4.97. The van der Waals surface area contributed by atoms with E-state index < -0.39 is 0 Å². The van der Waals surface area contributed by atoms with Gasteiger partial charge in [-0.25, -0.2) is 5.43 Å². The minimum atomic E-state index is -0.214. The number of carbonyl (C=O) groups excluding carboxylic acids is 1. The lowest BCUT2D eigenvalue weighted by Crippen LogP contribution is -2.19. The van der Waals surface area contributed by atoms with Crippen molar-refractivity contribution >= 4 is 51.3 Å². The molecule has 0 spiro atoms. The van der Waals surface area contributed by atoms with Crippen LogP contribution in [0.1, 0.15) is 16.7 Å². The Morgan fingerprint density at radius 3 is 2.34 bits per heavy atom. The summed E-state index contributed by atoms with van der Waals surface area (Å²) < 4.78 is 6.84. The van der Waals surface area contributed by atoms with Crippen LogP contribution in [0.5, 0.6) is 5.75 Å². The van der Waals surface area contributed by atoms with E-state index in [-0.39, 0.29) is 12.3 Å². The second-order valence-corrected chi connectivity index (χ2v) is 7.98. The maximum Gasteiger partial charge on any atom is 0.244 e. The van der Waals surface area contributed by atoms with Gasteiger partial charge in [-0.3, -0.25) is 4.79 Å². The Kier molecular flexibility index (Phi) is 7.69. The number of nitrogens with one attached hydrogen (secondary N) is 1. The number of ether oxygens (including phenoxy) is 1. The Morgan fingerprint density at radius 2 is 1.62 bits per heavy atom. The van der Waals surface area contributed by atoms with Gasteiger partial charge in [-0.05, 0) is 53.6 Å². The Labute approximate surface area is 187 Å². The normalized spacial score (nSPS) is 10.9. The molecule has 0 fully saturated rings. The van der Waals surface area contributed by atoms with E-state index in [0.29, 0.717) is 28.0 Å². The van der Waals surface area contributed by atoms with E-state index in [1.807, 2.05) is 48.5 Å². The van der Waals surface area contributed by atoms with Crippen molar-refractivity contribution in [3.63, 3.8) is 0 Å². The summed E-state index contributed by atoms with van der Waals surface area (Å²) in [6.07, 6.45) is 1.75. The Bertz CT molecular complexity index is 1010. The summed E-state index contributed by atoms with van der Waals surface area (Å²) in [4.78, 5) is 12.1. The molecule has 3 aromatic carbocycles. The summed E-state index contributed by atoms with van der Waals surface area (Å²) in [5, 5.41) is 5.25. The summed E-state index contributed by atoms with van der Waals surface area (Å²) in [6.45, 7) is 0.371. The van der Waals surface area contributed by atoms with Crippen molar-refractivity contribution in [1.29, 1.82) is 0 Å². The minimum absolute atomic E-state index is 0.214. The van der Waals surface area contributed by atoms with Crippen LogP contribution >= 0.6 is 39.1 Å². The highest BCUT2D eigenvalue weighted by atomic mass is 79.9. The molecule has 148 valence electrons. The topological polar surface area (TPSA) is 50.7 Å². The van der Waals surface area contributed by atoms with Gasteiger partial charge < -0.3 is 4.74 Å². The smallest absolute Gasteiger partial charge is 0.244 e. The fourth-order valence-electron chi connectivity index (χ4n) is 2.49. The third kappa shape index (κ3) is 6.89. The van der Waals surface area contributed by atoms with E-state index in [1.54, 1.807) is 18.2 Å². The van der Waals surface area contributed by atoms with Crippen LogP contribution in [-0.2, 0) is 17.8 Å². The number of halogens is 3. The molecule has 3 rings (SSSR count). The molecule has 0 unspecified atom stereocenters. The molecule has 3 aromatic rings. The molecule has 29 heavy (non-hydrogen) atoms. The average Bonchev–Trinajstić information content (AvgIpc) is 2.70. The van der Waals surface area contributed by atoms with E-state index in [9.17, 15) is 4.79 Å². The molecule has 0 aliphatic rings. The second-order valence-electron chi connectivity index (χ2n) is 6.19. The van der Waals surface area contributed by atoms with Gasteiger partial charge in [-0.1, -0.05) is 63.4 Å². The maximum absolute atomic E-state index is 12.1. The van der Waals surface area contributed by atoms with Crippen LogP contribution in [0.4, 0.5) is 0 Å². The zero-order valence-electron chi connectivity index (χ0n) is 15.2. The standard InChI is InChI=1S/C22H17BrCl2N2O2/c23-18-5-1-15(2-6-18)11-22(28)27-26-13-17-12-20(25)9-10-21(17)29-14-16-3-7-19(24)8-4-16/h1-10,12-13H,11,14H2,(H,27,28)/b26-13+. The van der Waals surface area contributed by atoms with Gasteiger partial charge in [0.1, 0.15) is 12.4 Å². The van der Waals surface area contributed by atoms with E-state index >= 15 is 0 Å². The molecular weight excluding hydrogens is 475 g/mol. The molecule has 7 heteroatoms. The quantitative estimate of drug-likeness (QED) is 0.324. The number of hydrazone groups is 1. The first-order valence-corrected chi connectivity index (χ1v) is 10.3. The van der Waals surface area contributed by atoms with Gasteiger partial charge in [0.05, 0.1) is 12.6 Å². The fourth-order valence-corrected chi connectivity index (χ4v) is 3.07. The number of amides is 1. The fraction of sp³-hybridized carbons (Fsp3) is 0.0909. The van der Waals surface area contributed by atoms with Crippen LogP contribution in [-0.4, -0.2) is 12.1 Å². The van der Waals surface area contributed by atoms with Gasteiger partial charge in [0.25, 0.3) is 0 Å². The van der Waals surface area contributed by atoms with Gasteiger partial charge in [-0.2, -0.15) is 5.10 Å². The van der Waals surface area contributed by atoms with Gasteiger partial charge in [0, 0.05) is 20.1 Å². The zero-order valence-corrected chi connectivity index (χ0v) is 18.3. The van der Waals surface area contributed by atoms with Crippen molar-refractivity contribution in [2.75, 3.05) is 0 Å². The third-order valence-electron chi connectivity index (χ3n) is 3.95. The predicted octanol–water partition coefficient (Wildman–Crippen LogP) is 6.03. The first kappa shape index (κ1) is 21.4. The number of rotatable bonds is 7. The molecule has 4 nitrogen and oxygen atoms in total. The van der Waals surface area contributed by atoms with Crippen LogP contribution in [0.15, 0.2) is 76.3 Å². The molecule has 0 bridgehead atoms. The first-order chi connectivity index (χ1) is 14.0. The van der Waals surface area contributed by atoms with Crippen molar-refractivity contribution in [2.24, 2.45) is 5.10 Å². The van der Waals surface area contributed by atoms with E-state index in [0.717, 1.165) is 15.6 Å². The van der Waals surface area contributed by atoms with Crippen LogP contribution in [0.25, 0.3) is 0 Å². The molecule has 0 saturated carbocycles. The summed E-state index contributed by atoms with van der Waals surface area (Å²) in [5.74, 6) is 0.393. The highest BCUT2D eigenvalue weighted by molar-refractivity contribution is 9.10. The van der Waals surface area contributed by atoms with Crippen molar-refractivity contribution in [1.82, 2.24) is 5.43 Å². The van der Waals surface area contributed by atoms with Crippen LogP contribution in [0.3, 0.4) is 0 Å². The molecule has 0 radical (unpaired) electrons. The molecule has 0 saturated heterocycles. The van der Waals surface area contributed by atoms with Crippen molar-refractivity contribution in [3.05, 3.63) is 97.9 Å². The Hall–Kier alpha value is -2.34. The molecule has 1 amide bonds. The van der Waals surface area contributed by atoms with Crippen LogP contribution < -0.4 is 10.2 Å². The van der Waals surface area contributed by atoms with E-state index in [4.69, 9.17) is 27.9 Å². The number of benzene rings is 3. The largest absolute Gasteiger partial charge is 0.488 e. The van der Waals surface area contributed by atoms with E-state index in [1.165, 1.54) is 6.21 Å². The highest BCUT2D eigenvalue weighted by Gasteiger charge is 2.05. The predicted molar refractivity (Wildman–Crippen MR) is 121 cm³/mol. The molecule has 1 N–H and O–H groups in total. The molecule has 0 heterocycles. The second kappa shape index (κ2) is 10.4. The van der Waals surface area contributed by atoms with Crippen molar-refractivity contribution in [2.45, 2.75) is 13.0 Å². The summed E-state index contributed by atoms with van der Waals surface area (Å²) in [6, 6.07) is 20.2. The number of nitrogens with zero attached hydrogens (tertiary/aromatic N) is 1. The summed E-state index contributed by atoms with van der Waals surface area (Å²) in [5.41, 5.74) is 5.07. The van der Waals surface area contributed by atoms with Gasteiger partial charge in [0.15, 0.2) is 0 Å². The molecule has 0 aromatic heterocycles. The minimum Gasteiger partial charge on any atom is -0.488 e. The van der Waals surface area contributed by atoms with Crippen LogP contribution in [0.2, 0.25) is 10.0 Å². The first-order valence-electron chi connectivity index (χ1n) is 8.73. The number of hydrogen-bond donors (Lipinski definition) is 1. The summed E-state index contributed by atoms with van der Waals surface area (Å²) in [7, 11) is 0. The lowest BCUT2D eigenvalue weighted by atomic mass is 10.1. The van der Waals surface area contributed by atoms with Crippen molar-refractivity contribution < 1.29 is 9.53 Å². The average molecular weight is 492 g/mol. The Morgan fingerprint density at radius 1 is 0.966 bits per heavy atom. The number of carbonyl (C=O) groups is 1. The summed E-state index contributed by atoms with van der Waals surface area (Å²) >= 11 is 15.4. The molecular formula is C22H17BrCl2N2O2. The molecule has 0 aliphatic carbocycles. The van der Waals surface area contributed by atoms with E-state index in [2.05, 4.69) is 26.5 Å². The SMILES string of the molecule is O=C(Cc1ccc(Br)cc1)N/N=C/c1cc(Cl)ccc1OCc1ccc(Cl)cc1. The van der Waals surface area contributed by atoms with Gasteiger partial charge in [-0.15, -0.1) is 0 Å². The Balaban J connectivity index is 1.61. The zero-order chi connectivity index (χ0) is 20.6. The molecule has 0 atom stereocenters. The van der Waals surface area contributed by atoms with Gasteiger partial charge >= 0.3 is 0 Å². The number of hydrogen-bond acceptors (Lipinski definition) is 3. The lowest BCUT2D eigenvalue weighted by Gasteiger charge is -2.10. The van der Waals surface area contributed by atoms with Crippen molar-refractivity contribution in [3.8, 4) is 5.75 Å². The maximum atomic E-state index is 12.1.